The van der Waals surface area contributed by atoms with Crippen LogP contribution in [-0.2, 0) is 32.6 Å². The Labute approximate surface area is 249 Å². The summed E-state index contributed by atoms with van der Waals surface area (Å²) in [5.74, 6) is -0.790. The third kappa shape index (κ3) is 7.89. The summed E-state index contributed by atoms with van der Waals surface area (Å²) in [6, 6.07) is 20.0. The normalized spacial score (nSPS) is 12.8. The van der Waals surface area contributed by atoms with E-state index >= 15 is 0 Å². The summed E-state index contributed by atoms with van der Waals surface area (Å²) in [7, 11) is -4.13. The van der Waals surface area contributed by atoms with E-state index in [4.69, 9.17) is 11.6 Å². The van der Waals surface area contributed by atoms with Gasteiger partial charge in [-0.15, -0.1) is 0 Å². The maximum Gasteiger partial charge on any atom is 0.264 e. The number of sulfonamides is 1. The lowest BCUT2D eigenvalue weighted by atomic mass is 10.1. The Morgan fingerprint density at radius 2 is 1.49 bits per heavy atom. The number of nitrogens with one attached hydrogen (secondary N) is 1. The first-order valence-corrected chi connectivity index (χ1v) is 15.9. The fourth-order valence-electron chi connectivity index (χ4n) is 4.57. The molecule has 0 saturated heterocycles. The van der Waals surface area contributed by atoms with Crippen molar-refractivity contribution < 1.29 is 18.0 Å². The number of anilines is 1. The van der Waals surface area contributed by atoms with Crippen molar-refractivity contribution in [3.8, 4) is 0 Å². The molecule has 0 unspecified atom stereocenters. The second kappa shape index (κ2) is 14.5. The average Bonchev–Trinajstić information content (AvgIpc) is 2.96. The van der Waals surface area contributed by atoms with E-state index in [0.717, 1.165) is 21.9 Å². The van der Waals surface area contributed by atoms with E-state index in [1.165, 1.54) is 4.90 Å². The molecule has 41 heavy (non-hydrogen) atoms. The number of carbonyl (C=O) groups excluding carboxylic acids is 2. The van der Waals surface area contributed by atoms with Gasteiger partial charge in [0.2, 0.25) is 11.8 Å². The van der Waals surface area contributed by atoms with E-state index in [1.54, 1.807) is 54.6 Å². The number of amides is 2. The van der Waals surface area contributed by atoms with Gasteiger partial charge in [-0.25, -0.2) is 8.42 Å². The highest BCUT2D eigenvalue weighted by Crippen LogP contribution is 2.29. The van der Waals surface area contributed by atoms with Gasteiger partial charge in [0.15, 0.2) is 0 Å². The minimum absolute atomic E-state index is 0.0543. The predicted molar refractivity (Wildman–Crippen MR) is 166 cm³/mol. The van der Waals surface area contributed by atoms with Gasteiger partial charge in [0, 0.05) is 17.6 Å². The van der Waals surface area contributed by atoms with Crippen molar-refractivity contribution in [3.63, 3.8) is 0 Å². The smallest absolute Gasteiger partial charge is 0.264 e. The van der Waals surface area contributed by atoms with Gasteiger partial charge >= 0.3 is 0 Å². The van der Waals surface area contributed by atoms with Gasteiger partial charge in [-0.3, -0.25) is 13.9 Å². The molecule has 7 nitrogen and oxygen atoms in total. The lowest BCUT2D eigenvalue weighted by Gasteiger charge is -2.34. The Balaban J connectivity index is 2.11. The van der Waals surface area contributed by atoms with Crippen molar-refractivity contribution in [1.82, 2.24) is 10.2 Å². The highest BCUT2D eigenvalue weighted by molar-refractivity contribution is 7.92. The van der Waals surface area contributed by atoms with E-state index in [2.05, 4.69) is 5.32 Å². The van der Waals surface area contributed by atoms with Crippen LogP contribution in [0.15, 0.2) is 77.7 Å². The SMILES string of the molecule is CCc1ccccc1N(CC(=O)N(Cc1ccccc1Cl)[C@@H](CC)C(=O)N[C@@H](C)CC)S(=O)(=O)c1ccc(C)cc1. The van der Waals surface area contributed by atoms with E-state index < -0.39 is 28.5 Å². The Hall–Kier alpha value is -3.36. The van der Waals surface area contributed by atoms with Gasteiger partial charge in [0.05, 0.1) is 10.6 Å². The predicted octanol–water partition coefficient (Wildman–Crippen LogP) is 6.13. The van der Waals surface area contributed by atoms with Crippen molar-refractivity contribution in [2.75, 3.05) is 10.8 Å². The summed E-state index contributed by atoms with van der Waals surface area (Å²) in [5, 5.41) is 3.44. The molecule has 0 aliphatic rings. The summed E-state index contributed by atoms with van der Waals surface area (Å²) >= 11 is 6.47. The summed E-state index contributed by atoms with van der Waals surface area (Å²) in [4.78, 5) is 29.2. The van der Waals surface area contributed by atoms with E-state index in [1.807, 2.05) is 52.8 Å². The van der Waals surface area contributed by atoms with Crippen LogP contribution in [0.25, 0.3) is 0 Å². The number of aryl methyl sites for hydroxylation is 2. The van der Waals surface area contributed by atoms with Crippen molar-refractivity contribution in [1.29, 1.82) is 0 Å². The largest absolute Gasteiger partial charge is 0.352 e. The Bertz CT molecular complexity index is 1440. The van der Waals surface area contributed by atoms with Gasteiger partial charge in [0.1, 0.15) is 12.6 Å². The summed E-state index contributed by atoms with van der Waals surface area (Å²) in [5.41, 5.74) is 2.80. The number of benzene rings is 3. The lowest BCUT2D eigenvalue weighted by molar-refractivity contribution is -0.140. The molecule has 3 aromatic carbocycles. The molecule has 0 heterocycles. The first-order chi connectivity index (χ1) is 19.5. The molecule has 0 bridgehead atoms. The molecule has 0 aliphatic heterocycles. The van der Waals surface area contributed by atoms with Crippen LogP contribution in [0, 0.1) is 6.92 Å². The lowest BCUT2D eigenvalue weighted by Crippen LogP contribution is -2.53. The third-order valence-electron chi connectivity index (χ3n) is 7.21. The van der Waals surface area contributed by atoms with Crippen LogP contribution in [0.3, 0.4) is 0 Å². The van der Waals surface area contributed by atoms with Crippen LogP contribution in [0.1, 0.15) is 57.2 Å². The van der Waals surface area contributed by atoms with Crippen molar-refractivity contribution in [2.24, 2.45) is 0 Å². The number of para-hydroxylation sites is 1. The number of hydrogen-bond acceptors (Lipinski definition) is 4. The maximum atomic E-state index is 14.2. The first kappa shape index (κ1) is 32.2. The maximum absolute atomic E-state index is 14.2. The van der Waals surface area contributed by atoms with Crippen molar-refractivity contribution in [3.05, 3.63) is 94.5 Å². The molecule has 0 spiro atoms. The van der Waals surface area contributed by atoms with Crippen LogP contribution in [0.4, 0.5) is 5.69 Å². The molecule has 0 aromatic heterocycles. The zero-order chi connectivity index (χ0) is 30.2. The number of halogens is 1. The molecular formula is C32H40ClN3O4S. The molecule has 220 valence electrons. The highest BCUT2D eigenvalue weighted by Gasteiger charge is 2.34. The second-order valence-corrected chi connectivity index (χ2v) is 12.4. The van der Waals surface area contributed by atoms with Gasteiger partial charge in [-0.1, -0.05) is 86.5 Å². The Morgan fingerprint density at radius 3 is 2.07 bits per heavy atom. The molecule has 0 fully saturated rings. The zero-order valence-corrected chi connectivity index (χ0v) is 26.0. The van der Waals surface area contributed by atoms with Crippen LogP contribution >= 0.6 is 11.6 Å². The third-order valence-corrected chi connectivity index (χ3v) is 9.36. The fourth-order valence-corrected chi connectivity index (χ4v) is 6.22. The van der Waals surface area contributed by atoms with Gasteiger partial charge < -0.3 is 10.2 Å². The molecule has 3 aromatic rings. The molecule has 0 radical (unpaired) electrons. The number of hydrogen-bond donors (Lipinski definition) is 1. The Kier molecular flexibility index (Phi) is 11.4. The molecule has 2 atom stereocenters. The molecule has 2 amide bonds. The topological polar surface area (TPSA) is 86.8 Å². The number of rotatable bonds is 13. The summed E-state index contributed by atoms with van der Waals surface area (Å²) < 4.78 is 29.4. The van der Waals surface area contributed by atoms with E-state index in [0.29, 0.717) is 29.1 Å². The quantitative estimate of drug-likeness (QED) is 0.257. The second-order valence-electron chi connectivity index (χ2n) is 10.2. The molecule has 9 heteroatoms. The van der Waals surface area contributed by atoms with Crippen LogP contribution in [0.5, 0.6) is 0 Å². The zero-order valence-electron chi connectivity index (χ0n) is 24.4. The van der Waals surface area contributed by atoms with Gasteiger partial charge in [0.25, 0.3) is 10.0 Å². The first-order valence-electron chi connectivity index (χ1n) is 14.0. The summed E-state index contributed by atoms with van der Waals surface area (Å²) in [6.07, 6.45) is 1.65. The molecule has 3 rings (SSSR count). The molecule has 1 N–H and O–H groups in total. The van der Waals surface area contributed by atoms with E-state index in [9.17, 15) is 18.0 Å². The molecule has 0 aliphatic carbocycles. The molecular weight excluding hydrogens is 558 g/mol. The van der Waals surface area contributed by atoms with Crippen molar-refractivity contribution in [2.45, 2.75) is 77.4 Å². The number of nitrogens with zero attached hydrogens (tertiary/aromatic N) is 2. The van der Waals surface area contributed by atoms with Crippen LogP contribution < -0.4 is 9.62 Å². The average molecular weight is 598 g/mol. The minimum atomic E-state index is -4.13. The Morgan fingerprint density at radius 1 is 0.878 bits per heavy atom. The molecule has 0 saturated carbocycles. The standard InChI is InChI=1S/C32H40ClN3O4S/c1-6-24(5)34-32(38)29(8-3)35(21-26-14-9-11-15-28(26)33)31(37)22-36(30-16-12-10-13-25(30)7-2)41(39,40)27-19-17-23(4)18-20-27/h9-20,24,29H,6-8,21-22H2,1-5H3,(H,34,38)/t24-,29-/m0/s1. The number of carbonyl (C=O) groups is 2. The fraction of sp³-hybridized carbons (Fsp3) is 0.375. The van der Waals surface area contributed by atoms with Gasteiger partial charge in [-0.05, 0) is 68.5 Å². The minimum Gasteiger partial charge on any atom is -0.352 e. The van der Waals surface area contributed by atoms with E-state index in [-0.39, 0.29) is 23.4 Å². The highest BCUT2D eigenvalue weighted by atomic mass is 35.5. The monoisotopic (exact) mass is 597 g/mol. The van der Waals surface area contributed by atoms with Crippen LogP contribution in [0.2, 0.25) is 5.02 Å². The summed E-state index contributed by atoms with van der Waals surface area (Å²) in [6.45, 7) is 9.10. The van der Waals surface area contributed by atoms with Gasteiger partial charge in [-0.2, -0.15) is 0 Å². The van der Waals surface area contributed by atoms with Crippen LogP contribution in [-0.4, -0.2) is 43.8 Å². The van der Waals surface area contributed by atoms with Crippen molar-refractivity contribution >= 4 is 39.1 Å².